The third-order valence-corrected chi connectivity index (χ3v) is 2.57. The molecule has 5 nitrogen and oxygen atoms in total. The fourth-order valence-corrected chi connectivity index (χ4v) is 1.73. The van der Waals surface area contributed by atoms with Crippen LogP contribution in [0.5, 0.6) is 0 Å². The number of aryl methyl sites for hydroxylation is 1. The Bertz CT molecular complexity index is 489. The quantitative estimate of drug-likeness (QED) is 0.845. The lowest BCUT2D eigenvalue weighted by Crippen LogP contribution is -2.37. The molecule has 0 aliphatic carbocycles. The van der Waals surface area contributed by atoms with E-state index in [0.29, 0.717) is 0 Å². The fraction of sp³-hybridized carbons (Fsp3) is 0.500. The second kappa shape index (κ2) is 7.22. The van der Waals surface area contributed by atoms with Crippen LogP contribution in [-0.4, -0.2) is 42.5 Å². The van der Waals surface area contributed by atoms with E-state index in [2.05, 4.69) is 5.32 Å². The molecule has 1 amide bonds. The number of esters is 1. The highest BCUT2D eigenvalue weighted by atomic mass is 16.6. The first kappa shape index (κ1) is 17.2. The van der Waals surface area contributed by atoms with Crippen LogP contribution in [0.25, 0.3) is 0 Å². The number of hydrogen-bond donors (Lipinski definition) is 1. The lowest BCUT2D eigenvalue weighted by molar-refractivity contribution is -0.155. The molecule has 5 heteroatoms. The summed E-state index contributed by atoms with van der Waals surface area (Å²) in [5.74, 6) is -0.502. The Kier molecular flexibility index (Phi) is 5.90. The minimum atomic E-state index is -0.512. The molecule has 0 bridgehead atoms. The highest BCUT2D eigenvalue weighted by Crippen LogP contribution is 2.09. The van der Waals surface area contributed by atoms with E-state index in [9.17, 15) is 9.59 Å². The van der Waals surface area contributed by atoms with Crippen molar-refractivity contribution in [2.75, 3.05) is 25.5 Å². The molecule has 0 saturated heterocycles. The fourth-order valence-electron chi connectivity index (χ4n) is 1.73. The molecule has 0 aliphatic rings. The van der Waals surface area contributed by atoms with Gasteiger partial charge in [-0.25, -0.2) is 0 Å². The van der Waals surface area contributed by atoms with Gasteiger partial charge in [0.1, 0.15) is 5.60 Å². The summed E-state index contributed by atoms with van der Waals surface area (Å²) in [7, 11) is 1.71. The van der Waals surface area contributed by atoms with E-state index < -0.39 is 5.60 Å². The first-order valence-corrected chi connectivity index (χ1v) is 6.92. The normalized spacial score (nSPS) is 11.3. The van der Waals surface area contributed by atoms with Crippen molar-refractivity contribution in [1.82, 2.24) is 4.90 Å². The second-order valence-corrected chi connectivity index (χ2v) is 6.17. The van der Waals surface area contributed by atoms with Gasteiger partial charge in [0.2, 0.25) is 5.91 Å². The zero-order chi connectivity index (χ0) is 16.0. The van der Waals surface area contributed by atoms with Crippen molar-refractivity contribution < 1.29 is 14.3 Å². The van der Waals surface area contributed by atoms with E-state index in [0.717, 1.165) is 11.3 Å². The van der Waals surface area contributed by atoms with Crippen LogP contribution in [0.3, 0.4) is 0 Å². The van der Waals surface area contributed by atoms with E-state index >= 15 is 0 Å². The van der Waals surface area contributed by atoms with Crippen molar-refractivity contribution in [2.24, 2.45) is 0 Å². The number of amides is 1. The zero-order valence-electron chi connectivity index (χ0n) is 13.4. The Morgan fingerprint density at radius 1 is 1.14 bits per heavy atom. The molecule has 21 heavy (non-hydrogen) atoms. The van der Waals surface area contributed by atoms with Crippen LogP contribution in [0.2, 0.25) is 0 Å². The summed E-state index contributed by atoms with van der Waals surface area (Å²) >= 11 is 0. The summed E-state index contributed by atoms with van der Waals surface area (Å²) in [5, 5.41) is 2.79. The number of hydrogen-bond acceptors (Lipinski definition) is 4. The molecule has 1 aromatic carbocycles. The minimum absolute atomic E-state index is 0.0819. The van der Waals surface area contributed by atoms with Crippen LogP contribution >= 0.6 is 0 Å². The summed E-state index contributed by atoms with van der Waals surface area (Å²) in [6.07, 6.45) is 0. The van der Waals surface area contributed by atoms with E-state index in [1.807, 2.05) is 52.0 Å². The van der Waals surface area contributed by atoms with Gasteiger partial charge in [-0.1, -0.05) is 17.7 Å². The molecular weight excluding hydrogens is 268 g/mol. The van der Waals surface area contributed by atoms with Crippen molar-refractivity contribution in [3.63, 3.8) is 0 Å². The maximum atomic E-state index is 11.9. The number of ether oxygens (including phenoxy) is 1. The highest BCUT2D eigenvalue weighted by Gasteiger charge is 2.18. The molecule has 1 rings (SSSR count). The van der Waals surface area contributed by atoms with E-state index in [1.54, 1.807) is 11.9 Å². The van der Waals surface area contributed by atoms with Crippen molar-refractivity contribution in [3.8, 4) is 0 Å². The number of nitrogens with zero attached hydrogens (tertiary/aromatic N) is 1. The van der Waals surface area contributed by atoms with Crippen LogP contribution in [-0.2, 0) is 14.3 Å². The molecule has 116 valence electrons. The lowest BCUT2D eigenvalue weighted by Gasteiger charge is -2.22. The van der Waals surface area contributed by atoms with Gasteiger partial charge in [0, 0.05) is 5.69 Å². The molecule has 1 N–H and O–H groups in total. The van der Waals surface area contributed by atoms with Gasteiger partial charge in [-0.15, -0.1) is 0 Å². The van der Waals surface area contributed by atoms with Crippen molar-refractivity contribution in [1.29, 1.82) is 0 Å². The largest absolute Gasteiger partial charge is 0.459 e. The zero-order valence-corrected chi connectivity index (χ0v) is 13.4. The summed E-state index contributed by atoms with van der Waals surface area (Å²) < 4.78 is 5.21. The first-order chi connectivity index (χ1) is 9.65. The van der Waals surface area contributed by atoms with Crippen LogP contribution in [0.4, 0.5) is 5.69 Å². The highest BCUT2D eigenvalue weighted by molar-refractivity contribution is 5.92. The van der Waals surface area contributed by atoms with Gasteiger partial charge >= 0.3 is 5.97 Å². The van der Waals surface area contributed by atoms with Crippen LogP contribution in [0, 0.1) is 6.92 Å². The molecule has 0 saturated carbocycles. The number of nitrogens with one attached hydrogen (secondary N) is 1. The summed E-state index contributed by atoms with van der Waals surface area (Å²) in [4.78, 5) is 25.1. The maximum absolute atomic E-state index is 11.9. The third kappa shape index (κ3) is 7.46. The summed E-state index contributed by atoms with van der Waals surface area (Å²) in [5.41, 5.74) is 1.37. The molecule has 0 aliphatic heterocycles. The van der Waals surface area contributed by atoms with Gasteiger partial charge in [0.05, 0.1) is 13.1 Å². The Morgan fingerprint density at radius 3 is 2.24 bits per heavy atom. The topological polar surface area (TPSA) is 58.6 Å². The molecule has 0 spiro atoms. The molecule has 1 aromatic rings. The lowest BCUT2D eigenvalue weighted by atomic mass is 10.2. The molecule has 0 atom stereocenters. The van der Waals surface area contributed by atoms with Crippen molar-refractivity contribution in [3.05, 3.63) is 29.8 Å². The standard InChI is InChI=1S/C16H24N2O3/c1-12-6-8-13(9-7-12)17-14(19)10-18(5)11-15(20)21-16(2,3)4/h6-9H,10-11H2,1-5H3,(H,17,19). The van der Waals surface area contributed by atoms with Crippen molar-refractivity contribution >= 4 is 17.6 Å². The van der Waals surface area contributed by atoms with Gasteiger partial charge in [0.25, 0.3) is 0 Å². The smallest absolute Gasteiger partial charge is 0.320 e. The maximum Gasteiger partial charge on any atom is 0.320 e. The number of carbonyl (C=O) groups excluding carboxylic acids is 2. The number of carbonyl (C=O) groups is 2. The molecule has 0 heterocycles. The Morgan fingerprint density at radius 2 is 1.71 bits per heavy atom. The second-order valence-electron chi connectivity index (χ2n) is 6.17. The average Bonchev–Trinajstić information content (AvgIpc) is 2.28. The van der Waals surface area contributed by atoms with E-state index in [1.165, 1.54) is 0 Å². The number of rotatable bonds is 5. The average molecular weight is 292 g/mol. The SMILES string of the molecule is Cc1ccc(NC(=O)CN(C)CC(=O)OC(C)(C)C)cc1. The van der Waals surface area contributed by atoms with Crippen LogP contribution in [0.1, 0.15) is 26.3 Å². The Balaban J connectivity index is 2.40. The van der Waals surface area contributed by atoms with Crippen molar-refractivity contribution in [2.45, 2.75) is 33.3 Å². The van der Waals surface area contributed by atoms with E-state index in [4.69, 9.17) is 4.74 Å². The summed E-state index contributed by atoms with van der Waals surface area (Å²) in [6.45, 7) is 7.64. The summed E-state index contributed by atoms with van der Waals surface area (Å²) in [6, 6.07) is 7.56. The Hall–Kier alpha value is -1.88. The van der Waals surface area contributed by atoms with Gasteiger partial charge in [-0.3, -0.25) is 14.5 Å². The Labute approximate surface area is 126 Å². The van der Waals surface area contributed by atoms with Crippen LogP contribution < -0.4 is 5.32 Å². The van der Waals surface area contributed by atoms with Gasteiger partial charge < -0.3 is 10.1 Å². The third-order valence-electron chi connectivity index (χ3n) is 2.57. The van der Waals surface area contributed by atoms with E-state index in [-0.39, 0.29) is 25.0 Å². The monoisotopic (exact) mass is 292 g/mol. The molecular formula is C16H24N2O3. The number of likely N-dealkylation sites (N-methyl/N-ethyl adjacent to an activating group) is 1. The number of anilines is 1. The van der Waals surface area contributed by atoms with Gasteiger partial charge in [-0.2, -0.15) is 0 Å². The first-order valence-electron chi connectivity index (χ1n) is 6.92. The molecule has 0 aromatic heterocycles. The van der Waals surface area contributed by atoms with Crippen LogP contribution in [0.15, 0.2) is 24.3 Å². The van der Waals surface area contributed by atoms with Gasteiger partial charge in [-0.05, 0) is 46.9 Å². The molecule has 0 fully saturated rings. The minimum Gasteiger partial charge on any atom is -0.459 e. The predicted octanol–water partition coefficient (Wildman–Crippen LogP) is 2.21. The van der Waals surface area contributed by atoms with Gasteiger partial charge in [0.15, 0.2) is 0 Å². The predicted molar refractivity (Wildman–Crippen MR) is 83.2 cm³/mol. The molecule has 0 unspecified atom stereocenters. The molecule has 0 radical (unpaired) electrons. The number of benzene rings is 1.